The fourth-order valence-electron chi connectivity index (χ4n) is 8.76. The van der Waals surface area contributed by atoms with Crippen molar-refractivity contribution in [3.05, 3.63) is 254 Å². The van der Waals surface area contributed by atoms with E-state index in [9.17, 15) is 10.5 Å². The highest BCUT2D eigenvalue weighted by atomic mass is 14.3. The zero-order chi connectivity index (χ0) is 43.2. The third-order valence-electron chi connectivity index (χ3n) is 11.9. The quantitative estimate of drug-likeness (QED) is 0.146. The lowest BCUT2D eigenvalue weighted by molar-refractivity contribution is 1.46. The molecule has 0 atom stereocenters. The molecule has 0 unspecified atom stereocenters. The smallest absolute Gasteiger partial charge is 0.100 e. The van der Waals surface area contributed by atoms with Gasteiger partial charge >= 0.3 is 0 Å². The van der Waals surface area contributed by atoms with Gasteiger partial charge in [-0.25, -0.2) is 0 Å². The van der Waals surface area contributed by atoms with Crippen LogP contribution in [0.3, 0.4) is 0 Å². The number of hydrogen-bond donors (Lipinski definition) is 0. The number of rotatable bonds is 9. The fraction of sp³-hybridized carbons (Fsp3) is 0. The summed E-state index contributed by atoms with van der Waals surface area (Å²) in [5.41, 5.74) is 19.0. The third-order valence-corrected chi connectivity index (χ3v) is 11.9. The normalized spacial score (nSPS) is 10.8. The highest BCUT2D eigenvalue weighted by Gasteiger charge is 2.20. The fourth-order valence-corrected chi connectivity index (χ4v) is 8.76. The number of hydrogen-bond acceptors (Lipinski definition) is 2. The molecule has 10 aromatic rings. The van der Waals surface area contributed by atoms with Crippen LogP contribution in [-0.2, 0) is 0 Å². The Hall–Kier alpha value is -8.82. The van der Waals surface area contributed by atoms with E-state index >= 15 is 0 Å². The van der Waals surface area contributed by atoms with Crippen LogP contribution in [0.4, 0.5) is 0 Å². The summed E-state index contributed by atoms with van der Waals surface area (Å²) in [4.78, 5) is 0. The van der Waals surface area contributed by atoms with Crippen LogP contribution >= 0.6 is 0 Å². The molecule has 0 heterocycles. The molecule has 0 fully saturated rings. The minimum Gasteiger partial charge on any atom is -0.192 e. The van der Waals surface area contributed by atoms with Crippen molar-refractivity contribution in [3.63, 3.8) is 0 Å². The van der Waals surface area contributed by atoms with Gasteiger partial charge in [-0.2, -0.15) is 10.5 Å². The molecule has 0 amide bonds. The summed E-state index contributed by atoms with van der Waals surface area (Å²) in [6, 6.07) is 89.2. The van der Waals surface area contributed by atoms with Crippen molar-refractivity contribution in [1.82, 2.24) is 0 Å². The van der Waals surface area contributed by atoms with E-state index in [4.69, 9.17) is 0 Å². The first-order valence-electron chi connectivity index (χ1n) is 21.4. The highest BCUT2D eigenvalue weighted by Crippen LogP contribution is 2.43. The molecule has 2 nitrogen and oxygen atoms in total. The lowest BCUT2D eigenvalue weighted by Gasteiger charge is -2.18. The second-order valence-corrected chi connectivity index (χ2v) is 15.9. The Bertz CT molecular complexity index is 3120. The van der Waals surface area contributed by atoms with Crippen molar-refractivity contribution < 1.29 is 0 Å². The Morgan fingerprint density at radius 3 is 0.625 bits per heavy atom. The van der Waals surface area contributed by atoms with Crippen LogP contribution in [-0.4, -0.2) is 0 Å². The van der Waals surface area contributed by atoms with Gasteiger partial charge < -0.3 is 0 Å². The monoisotopic (exact) mass is 812 g/mol. The lowest BCUT2D eigenvalue weighted by atomic mass is 9.84. The summed E-state index contributed by atoms with van der Waals surface area (Å²) in [7, 11) is 0. The van der Waals surface area contributed by atoms with E-state index in [2.05, 4.69) is 194 Å². The second kappa shape index (κ2) is 17.6. The number of benzene rings is 10. The van der Waals surface area contributed by atoms with Crippen LogP contribution in [0, 0.1) is 22.7 Å². The maximum atomic E-state index is 11.1. The topological polar surface area (TPSA) is 47.6 Å². The average molecular weight is 813 g/mol. The van der Waals surface area contributed by atoms with Crippen LogP contribution < -0.4 is 0 Å². The second-order valence-electron chi connectivity index (χ2n) is 15.9. The zero-order valence-electron chi connectivity index (χ0n) is 35.0. The predicted octanol–water partition coefficient (Wildman–Crippen LogP) is 16.4. The summed E-state index contributed by atoms with van der Waals surface area (Å²) in [5.74, 6) is 0. The largest absolute Gasteiger partial charge is 0.192 e. The van der Waals surface area contributed by atoms with E-state index < -0.39 is 0 Å². The number of nitrogens with zero attached hydrogens (tertiary/aromatic N) is 2. The molecule has 0 aromatic heterocycles. The van der Waals surface area contributed by atoms with Gasteiger partial charge in [-0.1, -0.05) is 182 Å². The molecule has 0 aliphatic rings. The standard InChI is InChI=1S/C62H40N2/c63-41-61-57(47-27-15-5-16-28-47)37-53(45-23-11-3-12-24-45)39-59(61)55-33-49(43-19-7-1-8-20-43)31-51(35-55)52-32-50(44-21-9-2-10-22-44)34-56(36-52)60-40-54(46-25-13-4-14-26-46)38-58(62(60)42-64)48-29-17-6-18-30-48/h1-40H. The molecule has 298 valence electrons. The van der Waals surface area contributed by atoms with Crippen LogP contribution in [0.25, 0.3) is 100 Å². The third kappa shape index (κ3) is 7.92. The Labute approximate surface area is 374 Å². The first-order valence-corrected chi connectivity index (χ1v) is 21.4. The van der Waals surface area contributed by atoms with Crippen molar-refractivity contribution in [1.29, 1.82) is 10.5 Å². The molecule has 0 N–H and O–H groups in total. The lowest BCUT2D eigenvalue weighted by Crippen LogP contribution is -1.95. The van der Waals surface area contributed by atoms with E-state index in [-0.39, 0.29) is 0 Å². The van der Waals surface area contributed by atoms with E-state index in [1.54, 1.807) is 0 Å². The molecule has 0 saturated carbocycles. The van der Waals surface area contributed by atoms with Gasteiger partial charge in [0.2, 0.25) is 0 Å². The molecule has 10 rings (SSSR count). The zero-order valence-corrected chi connectivity index (χ0v) is 35.0. The van der Waals surface area contributed by atoms with Crippen molar-refractivity contribution in [2.24, 2.45) is 0 Å². The van der Waals surface area contributed by atoms with Crippen molar-refractivity contribution in [2.45, 2.75) is 0 Å². The van der Waals surface area contributed by atoms with Gasteiger partial charge in [0, 0.05) is 22.3 Å². The molecular weight excluding hydrogens is 773 g/mol. The molecule has 0 aliphatic heterocycles. The van der Waals surface area contributed by atoms with E-state index in [0.717, 1.165) is 100 Å². The molecule has 0 saturated heterocycles. The van der Waals surface area contributed by atoms with Gasteiger partial charge in [-0.05, 0) is 139 Å². The Morgan fingerprint density at radius 2 is 0.375 bits per heavy atom. The molecule has 0 radical (unpaired) electrons. The average Bonchev–Trinajstić information content (AvgIpc) is 3.39. The minimum absolute atomic E-state index is 0.616. The van der Waals surface area contributed by atoms with Gasteiger partial charge in [0.25, 0.3) is 0 Å². The van der Waals surface area contributed by atoms with Crippen LogP contribution in [0.5, 0.6) is 0 Å². The first-order chi connectivity index (χ1) is 31.6. The minimum atomic E-state index is 0.616. The van der Waals surface area contributed by atoms with Crippen molar-refractivity contribution >= 4 is 0 Å². The van der Waals surface area contributed by atoms with Gasteiger partial charge in [-0.3, -0.25) is 0 Å². The van der Waals surface area contributed by atoms with Gasteiger partial charge in [0.05, 0.1) is 11.1 Å². The maximum Gasteiger partial charge on any atom is 0.100 e. The van der Waals surface area contributed by atoms with Gasteiger partial charge in [-0.15, -0.1) is 0 Å². The highest BCUT2D eigenvalue weighted by molar-refractivity contribution is 5.94. The molecule has 10 aromatic carbocycles. The first kappa shape index (κ1) is 39.3. The number of nitriles is 2. The predicted molar refractivity (Wildman–Crippen MR) is 265 cm³/mol. The molecule has 0 spiro atoms. The van der Waals surface area contributed by atoms with Crippen LogP contribution in [0.15, 0.2) is 243 Å². The van der Waals surface area contributed by atoms with Crippen LogP contribution in [0.1, 0.15) is 11.1 Å². The summed E-state index contributed by atoms with van der Waals surface area (Å²) < 4.78 is 0. The van der Waals surface area contributed by atoms with Gasteiger partial charge in [0.1, 0.15) is 12.1 Å². The molecular formula is C62H40N2. The molecule has 0 bridgehead atoms. The molecule has 0 aliphatic carbocycles. The SMILES string of the molecule is N#Cc1c(-c2ccccc2)cc(-c2ccccc2)cc1-c1cc(-c2ccccc2)cc(-c2cc(-c3ccccc3)cc(-c3cc(-c4ccccc4)cc(-c4ccccc4)c3C#N)c2)c1. The maximum absolute atomic E-state index is 11.1. The van der Waals surface area contributed by atoms with E-state index in [1.807, 2.05) is 60.7 Å². The molecule has 2 heteroatoms. The Kier molecular flexibility index (Phi) is 10.8. The van der Waals surface area contributed by atoms with Crippen LogP contribution in [0.2, 0.25) is 0 Å². The van der Waals surface area contributed by atoms with Crippen molar-refractivity contribution in [2.75, 3.05) is 0 Å². The Balaban J connectivity index is 1.26. The van der Waals surface area contributed by atoms with E-state index in [0.29, 0.717) is 11.1 Å². The van der Waals surface area contributed by atoms with Gasteiger partial charge in [0.15, 0.2) is 0 Å². The molecule has 64 heavy (non-hydrogen) atoms. The summed E-state index contributed by atoms with van der Waals surface area (Å²) in [6.07, 6.45) is 0. The Morgan fingerprint density at radius 1 is 0.188 bits per heavy atom. The summed E-state index contributed by atoms with van der Waals surface area (Å²) in [5, 5.41) is 22.1. The van der Waals surface area contributed by atoms with E-state index in [1.165, 1.54) is 0 Å². The summed E-state index contributed by atoms with van der Waals surface area (Å²) >= 11 is 0. The summed E-state index contributed by atoms with van der Waals surface area (Å²) in [6.45, 7) is 0. The van der Waals surface area contributed by atoms with Crippen molar-refractivity contribution in [3.8, 4) is 112 Å².